The summed E-state index contributed by atoms with van der Waals surface area (Å²) in [6.45, 7) is 0.681. The quantitative estimate of drug-likeness (QED) is 0.904. The molecule has 1 aromatic carbocycles. The number of carbonyl (C=O) groups is 1. The van der Waals surface area contributed by atoms with Gasteiger partial charge in [-0.05, 0) is 41.8 Å². The number of nitrogens with zero attached hydrogens (tertiary/aromatic N) is 2. The maximum atomic E-state index is 12.1. The van der Waals surface area contributed by atoms with Crippen molar-refractivity contribution in [3.63, 3.8) is 0 Å². The largest absolute Gasteiger partial charge is 0.508 e. The Morgan fingerprint density at radius 3 is 2.40 bits per heavy atom. The summed E-state index contributed by atoms with van der Waals surface area (Å²) in [5.74, 6) is 0.289. The molecule has 0 bridgehead atoms. The van der Waals surface area contributed by atoms with Gasteiger partial charge >= 0.3 is 0 Å². The van der Waals surface area contributed by atoms with E-state index < -0.39 is 0 Å². The molecule has 0 saturated carbocycles. The second kappa shape index (κ2) is 6.70. The molecule has 104 valence electrons. The van der Waals surface area contributed by atoms with Crippen LogP contribution in [0.15, 0.2) is 48.8 Å². The number of likely N-dealkylation sites (N-methyl/N-ethyl adjacent to an activating group) is 1. The first-order chi connectivity index (χ1) is 9.65. The fourth-order valence-electron chi connectivity index (χ4n) is 1.89. The van der Waals surface area contributed by atoms with Gasteiger partial charge in [0, 0.05) is 26.0 Å². The lowest BCUT2D eigenvalue weighted by Gasteiger charge is -2.17. The minimum absolute atomic E-state index is 0.0738. The van der Waals surface area contributed by atoms with Gasteiger partial charge in [-0.2, -0.15) is 0 Å². The lowest BCUT2D eigenvalue weighted by Crippen LogP contribution is -2.30. The third kappa shape index (κ3) is 4.09. The van der Waals surface area contributed by atoms with Crippen LogP contribution in [0, 0.1) is 0 Å². The van der Waals surface area contributed by atoms with Crippen molar-refractivity contribution in [1.82, 2.24) is 9.88 Å². The highest BCUT2D eigenvalue weighted by atomic mass is 16.3. The average Bonchev–Trinajstić information content (AvgIpc) is 2.48. The molecule has 0 aliphatic rings. The monoisotopic (exact) mass is 270 g/mol. The summed E-state index contributed by atoms with van der Waals surface area (Å²) < 4.78 is 0. The zero-order chi connectivity index (χ0) is 14.4. The Bertz CT molecular complexity index is 552. The molecule has 1 aromatic heterocycles. The highest BCUT2D eigenvalue weighted by Crippen LogP contribution is 2.11. The zero-order valence-electron chi connectivity index (χ0n) is 11.5. The molecule has 0 aliphatic heterocycles. The SMILES string of the molecule is CN(CCc1ccncc1)C(=O)Cc1ccc(O)cc1. The molecule has 0 aliphatic carbocycles. The second-order valence-corrected chi connectivity index (χ2v) is 4.76. The molecular weight excluding hydrogens is 252 g/mol. The average molecular weight is 270 g/mol. The van der Waals surface area contributed by atoms with Crippen LogP contribution >= 0.6 is 0 Å². The van der Waals surface area contributed by atoms with Gasteiger partial charge in [0.2, 0.25) is 5.91 Å². The van der Waals surface area contributed by atoms with Crippen molar-refractivity contribution in [1.29, 1.82) is 0 Å². The van der Waals surface area contributed by atoms with E-state index in [1.54, 1.807) is 41.6 Å². The molecule has 20 heavy (non-hydrogen) atoms. The molecule has 0 radical (unpaired) electrons. The topological polar surface area (TPSA) is 53.4 Å². The van der Waals surface area contributed by atoms with Gasteiger partial charge in [0.1, 0.15) is 5.75 Å². The zero-order valence-corrected chi connectivity index (χ0v) is 11.5. The number of hydrogen-bond donors (Lipinski definition) is 1. The van der Waals surface area contributed by atoms with Gasteiger partial charge in [-0.3, -0.25) is 9.78 Å². The van der Waals surface area contributed by atoms with E-state index >= 15 is 0 Å². The summed E-state index contributed by atoms with van der Waals surface area (Å²) in [6.07, 6.45) is 4.69. The fourth-order valence-corrected chi connectivity index (χ4v) is 1.89. The van der Waals surface area contributed by atoms with Crippen molar-refractivity contribution in [2.75, 3.05) is 13.6 Å². The summed E-state index contributed by atoms with van der Waals surface area (Å²) in [7, 11) is 1.81. The van der Waals surface area contributed by atoms with Crippen LogP contribution in [0.2, 0.25) is 0 Å². The molecule has 1 heterocycles. The first-order valence-electron chi connectivity index (χ1n) is 6.56. The summed E-state index contributed by atoms with van der Waals surface area (Å²) in [4.78, 5) is 17.8. The predicted molar refractivity (Wildman–Crippen MR) is 77.4 cm³/mol. The van der Waals surface area contributed by atoms with Gasteiger partial charge in [0.15, 0.2) is 0 Å². The van der Waals surface area contributed by atoms with Crippen molar-refractivity contribution >= 4 is 5.91 Å². The molecule has 0 saturated heterocycles. The van der Waals surface area contributed by atoms with E-state index in [0.717, 1.165) is 12.0 Å². The fraction of sp³-hybridized carbons (Fsp3) is 0.250. The lowest BCUT2D eigenvalue weighted by atomic mass is 10.1. The van der Waals surface area contributed by atoms with E-state index in [4.69, 9.17) is 0 Å². The van der Waals surface area contributed by atoms with E-state index in [-0.39, 0.29) is 11.7 Å². The Labute approximate surface area is 118 Å². The number of rotatable bonds is 5. The summed E-state index contributed by atoms with van der Waals surface area (Å²) >= 11 is 0. The summed E-state index contributed by atoms with van der Waals surface area (Å²) in [5, 5.41) is 9.21. The minimum atomic E-state index is 0.0738. The Kier molecular flexibility index (Phi) is 4.71. The molecule has 4 nitrogen and oxygen atoms in total. The number of phenols is 1. The molecule has 2 aromatic rings. The number of phenolic OH excluding ortho intramolecular Hbond substituents is 1. The first kappa shape index (κ1) is 14.1. The van der Waals surface area contributed by atoms with Crippen molar-refractivity contribution in [2.24, 2.45) is 0 Å². The van der Waals surface area contributed by atoms with Crippen LogP contribution in [0.25, 0.3) is 0 Å². The highest BCUT2D eigenvalue weighted by Gasteiger charge is 2.09. The van der Waals surface area contributed by atoms with E-state index in [1.165, 1.54) is 5.56 Å². The third-order valence-corrected chi connectivity index (χ3v) is 3.20. The van der Waals surface area contributed by atoms with Crippen LogP contribution in [-0.4, -0.2) is 34.5 Å². The predicted octanol–water partition coefficient (Wildman–Crippen LogP) is 2.03. The van der Waals surface area contributed by atoms with Crippen molar-refractivity contribution in [3.8, 4) is 5.75 Å². The van der Waals surface area contributed by atoms with E-state index in [9.17, 15) is 9.90 Å². The van der Waals surface area contributed by atoms with Crippen molar-refractivity contribution in [2.45, 2.75) is 12.8 Å². The van der Waals surface area contributed by atoms with Crippen LogP contribution < -0.4 is 0 Å². The van der Waals surface area contributed by atoms with Gasteiger partial charge in [-0.15, -0.1) is 0 Å². The Morgan fingerprint density at radius 2 is 1.75 bits per heavy atom. The standard InChI is InChI=1S/C16H18N2O2/c1-18(11-8-13-6-9-17-10-7-13)16(20)12-14-2-4-15(19)5-3-14/h2-7,9-10,19H,8,11-12H2,1H3. The number of aromatic hydroxyl groups is 1. The number of amides is 1. The first-order valence-corrected chi connectivity index (χ1v) is 6.56. The third-order valence-electron chi connectivity index (χ3n) is 3.20. The van der Waals surface area contributed by atoms with Gasteiger partial charge in [0.25, 0.3) is 0 Å². The Morgan fingerprint density at radius 1 is 1.10 bits per heavy atom. The second-order valence-electron chi connectivity index (χ2n) is 4.76. The van der Waals surface area contributed by atoms with E-state index in [2.05, 4.69) is 4.98 Å². The van der Waals surface area contributed by atoms with Gasteiger partial charge < -0.3 is 10.0 Å². The van der Waals surface area contributed by atoms with Crippen molar-refractivity contribution in [3.05, 3.63) is 59.9 Å². The smallest absolute Gasteiger partial charge is 0.226 e. The number of hydrogen-bond acceptors (Lipinski definition) is 3. The molecule has 4 heteroatoms. The Hall–Kier alpha value is -2.36. The molecule has 0 unspecified atom stereocenters. The van der Waals surface area contributed by atoms with Crippen LogP contribution in [0.3, 0.4) is 0 Å². The van der Waals surface area contributed by atoms with Gasteiger partial charge in [0.05, 0.1) is 6.42 Å². The maximum Gasteiger partial charge on any atom is 0.226 e. The molecule has 1 amide bonds. The lowest BCUT2D eigenvalue weighted by molar-refractivity contribution is -0.129. The van der Waals surface area contributed by atoms with E-state index in [1.807, 2.05) is 19.2 Å². The minimum Gasteiger partial charge on any atom is -0.508 e. The number of pyridine rings is 1. The van der Waals surface area contributed by atoms with Crippen molar-refractivity contribution < 1.29 is 9.90 Å². The highest BCUT2D eigenvalue weighted by molar-refractivity contribution is 5.78. The molecule has 0 fully saturated rings. The van der Waals surface area contributed by atoms with E-state index in [0.29, 0.717) is 13.0 Å². The number of benzene rings is 1. The van der Waals surface area contributed by atoms with Crippen LogP contribution in [-0.2, 0) is 17.6 Å². The van der Waals surface area contributed by atoms with Crippen LogP contribution in [0.1, 0.15) is 11.1 Å². The number of aromatic nitrogens is 1. The van der Waals surface area contributed by atoms with Gasteiger partial charge in [-0.25, -0.2) is 0 Å². The van der Waals surface area contributed by atoms with Gasteiger partial charge in [-0.1, -0.05) is 12.1 Å². The molecule has 1 N–H and O–H groups in total. The molecule has 0 spiro atoms. The summed E-state index contributed by atoms with van der Waals surface area (Å²) in [6, 6.07) is 10.6. The Balaban J connectivity index is 1.84. The summed E-state index contributed by atoms with van der Waals surface area (Å²) in [5.41, 5.74) is 2.08. The molecular formula is C16H18N2O2. The number of carbonyl (C=O) groups excluding carboxylic acids is 1. The van der Waals surface area contributed by atoms with Crippen LogP contribution in [0.4, 0.5) is 0 Å². The molecule has 2 rings (SSSR count). The molecule has 0 atom stereocenters. The van der Waals surface area contributed by atoms with Crippen LogP contribution in [0.5, 0.6) is 5.75 Å². The maximum absolute atomic E-state index is 12.1. The normalized spacial score (nSPS) is 10.2.